The Kier molecular flexibility index (Phi) is 6.36. The van der Waals surface area contributed by atoms with Crippen LogP contribution in [0.2, 0.25) is 0 Å². The lowest BCUT2D eigenvalue weighted by Gasteiger charge is -2.29. The van der Waals surface area contributed by atoms with Gasteiger partial charge in [0.1, 0.15) is 11.3 Å². The highest BCUT2D eigenvalue weighted by Gasteiger charge is 2.26. The second-order valence-corrected chi connectivity index (χ2v) is 9.04. The number of fused-ring (bicyclic) bond motifs is 1. The molecule has 7 nitrogen and oxygen atoms in total. The van der Waals surface area contributed by atoms with Gasteiger partial charge in [0.25, 0.3) is 5.91 Å². The summed E-state index contributed by atoms with van der Waals surface area (Å²) in [6.07, 6.45) is 1.54. The summed E-state index contributed by atoms with van der Waals surface area (Å²) in [6, 6.07) is 11.6. The Morgan fingerprint density at radius 2 is 1.94 bits per heavy atom. The van der Waals surface area contributed by atoms with Gasteiger partial charge < -0.3 is 4.74 Å². The summed E-state index contributed by atoms with van der Waals surface area (Å²) in [5, 5.41) is 4.74. The van der Waals surface area contributed by atoms with Gasteiger partial charge in [0.2, 0.25) is 0 Å². The molecule has 4 aromatic rings. The molecule has 2 aromatic heterocycles. The average molecular weight is 484 g/mol. The highest BCUT2D eigenvalue weighted by atomic mass is 32.1. The van der Waals surface area contributed by atoms with Crippen molar-refractivity contribution in [1.29, 1.82) is 0 Å². The van der Waals surface area contributed by atoms with Crippen LogP contribution in [0.15, 0.2) is 48.7 Å². The molecule has 0 N–H and O–H groups in total. The van der Waals surface area contributed by atoms with E-state index in [0.29, 0.717) is 47.4 Å². The van der Waals surface area contributed by atoms with Crippen LogP contribution in [0.25, 0.3) is 15.9 Å². The third-order valence-electron chi connectivity index (χ3n) is 5.86. The molecular formula is C24H23F2N5O2S. The number of amides is 1. The molecule has 1 saturated heterocycles. The topological polar surface area (TPSA) is 63.5 Å². The molecule has 2 aromatic carbocycles. The lowest BCUT2D eigenvalue weighted by molar-refractivity contribution is 0.0391. The van der Waals surface area contributed by atoms with Gasteiger partial charge in [0.15, 0.2) is 10.9 Å². The molecule has 0 atom stereocenters. The van der Waals surface area contributed by atoms with Gasteiger partial charge in [-0.15, -0.1) is 0 Å². The lowest BCUT2D eigenvalue weighted by atomic mass is 10.2. The molecule has 176 valence electrons. The number of benzene rings is 2. The third-order valence-corrected chi connectivity index (χ3v) is 6.89. The number of halogens is 2. The molecule has 3 heterocycles. The van der Waals surface area contributed by atoms with Crippen molar-refractivity contribution in [1.82, 2.24) is 19.7 Å². The number of thiazole rings is 1. The van der Waals surface area contributed by atoms with Crippen LogP contribution < -0.4 is 4.90 Å². The first-order valence-corrected chi connectivity index (χ1v) is 11.8. The first kappa shape index (κ1) is 22.6. The Labute approximate surface area is 199 Å². The van der Waals surface area contributed by atoms with Crippen LogP contribution in [0.5, 0.6) is 0 Å². The zero-order valence-corrected chi connectivity index (χ0v) is 19.4. The molecule has 1 aliphatic heterocycles. The largest absolute Gasteiger partial charge is 0.379 e. The number of morpholine rings is 1. The number of nitrogens with zero attached hydrogens (tertiary/aromatic N) is 5. The molecule has 5 rings (SSSR count). The van der Waals surface area contributed by atoms with E-state index in [4.69, 9.17) is 4.74 Å². The SMILES string of the molecule is Cc1c(C(=O)N(CCN2CCOCC2)c2nc3c(F)cc(F)cc3s2)cnn1-c1ccccc1. The molecule has 0 unspecified atom stereocenters. The summed E-state index contributed by atoms with van der Waals surface area (Å²) in [5.41, 5.74) is 2.02. The predicted octanol–water partition coefficient (Wildman–Crippen LogP) is 4.05. The number of rotatable bonds is 6. The van der Waals surface area contributed by atoms with Crippen LogP contribution in [-0.4, -0.2) is 65.0 Å². The van der Waals surface area contributed by atoms with E-state index in [1.165, 1.54) is 11.0 Å². The molecule has 34 heavy (non-hydrogen) atoms. The number of carbonyl (C=O) groups is 1. The normalized spacial score (nSPS) is 14.6. The van der Waals surface area contributed by atoms with Crippen molar-refractivity contribution in [3.63, 3.8) is 0 Å². The number of hydrogen-bond acceptors (Lipinski definition) is 6. The zero-order chi connectivity index (χ0) is 23.7. The summed E-state index contributed by atoms with van der Waals surface area (Å²) >= 11 is 1.10. The van der Waals surface area contributed by atoms with E-state index >= 15 is 0 Å². The van der Waals surface area contributed by atoms with E-state index in [2.05, 4.69) is 15.0 Å². The van der Waals surface area contributed by atoms with Crippen molar-refractivity contribution < 1.29 is 18.3 Å². The van der Waals surface area contributed by atoms with E-state index < -0.39 is 11.6 Å². The van der Waals surface area contributed by atoms with Gasteiger partial charge >= 0.3 is 0 Å². The van der Waals surface area contributed by atoms with Crippen molar-refractivity contribution in [2.75, 3.05) is 44.3 Å². The minimum atomic E-state index is -0.744. The summed E-state index contributed by atoms with van der Waals surface area (Å²) in [7, 11) is 0. The van der Waals surface area contributed by atoms with E-state index in [0.717, 1.165) is 36.2 Å². The summed E-state index contributed by atoms with van der Waals surface area (Å²) in [4.78, 5) is 21.9. The Morgan fingerprint density at radius 3 is 2.71 bits per heavy atom. The van der Waals surface area contributed by atoms with Crippen LogP contribution in [-0.2, 0) is 4.74 Å². The Balaban J connectivity index is 1.50. The van der Waals surface area contributed by atoms with E-state index in [1.807, 2.05) is 37.3 Å². The second-order valence-electron chi connectivity index (χ2n) is 8.03. The quantitative estimate of drug-likeness (QED) is 0.414. The molecule has 0 spiro atoms. The maximum Gasteiger partial charge on any atom is 0.263 e. The first-order valence-electron chi connectivity index (χ1n) is 11.0. The standard InChI is InChI=1S/C24H23F2N5O2S/c1-16-19(15-27-31(16)18-5-3-2-4-6-18)23(32)30(8-7-29-9-11-33-12-10-29)24-28-22-20(26)13-17(25)14-21(22)34-24/h2-6,13-15H,7-12H2,1H3. The number of para-hydroxylation sites is 1. The van der Waals surface area contributed by atoms with Crippen molar-refractivity contribution in [2.45, 2.75) is 6.92 Å². The molecule has 1 amide bonds. The zero-order valence-electron chi connectivity index (χ0n) is 18.6. The fourth-order valence-corrected chi connectivity index (χ4v) is 5.04. The first-order chi connectivity index (χ1) is 16.5. The summed E-state index contributed by atoms with van der Waals surface area (Å²) in [5.74, 6) is -1.70. The van der Waals surface area contributed by atoms with Crippen LogP contribution in [0.3, 0.4) is 0 Å². The number of ether oxygens (including phenoxy) is 1. The number of aromatic nitrogens is 3. The van der Waals surface area contributed by atoms with Gasteiger partial charge in [-0.2, -0.15) is 5.10 Å². The lowest BCUT2D eigenvalue weighted by Crippen LogP contribution is -2.43. The molecule has 10 heteroatoms. The predicted molar refractivity (Wildman–Crippen MR) is 127 cm³/mol. The maximum absolute atomic E-state index is 14.3. The number of anilines is 1. The van der Waals surface area contributed by atoms with E-state index in [-0.39, 0.29) is 11.4 Å². The van der Waals surface area contributed by atoms with Crippen molar-refractivity contribution in [3.8, 4) is 5.69 Å². The van der Waals surface area contributed by atoms with Crippen molar-refractivity contribution in [2.24, 2.45) is 0 Å². The molecule has 1 aliphatic rings. The van der Waals surface area contributed by atoms with Crippen LogP contribution in [0.1, 0.15) is 16.1 Å². The second kappa shape index (κ2) is 9.57. The molecule has 1 fully saturated rings. The highest BCUT2D eigenvalue weighted by molar-refractivity contribution is 7.22. The monoisotopic (exact) mass is 483 g/mol. The highest BCUT2D eigenvalue weighted by Crippen LogP contribution is 2.32. The van der Waals surface area contributed by atoms with Gasteiger partial charge in [-0.3, -0.25) is 14.6 Å². The molecule has 0 aliphatic carbocycles. The molecule has 0 radical (unpaired) electrons. The fourth-order valence-electron chi connectivity index (χ4n) is 4.01. The van der Waals surface area contributed by atoms with Crippen molar-refractivity contribution in [3.05, 3.63) is 71.6 Å². The Hall–Kier alpha value is -3.21. The molecule has 0 bridgehead atoms. The minimum Gasteiger partial charge on any atom is -0.379 e. The van der Waals surface area contributed by atoms with Crippen LogP contribution >= 0.6 is 11.3 Å². The van der Waals surface area contributed by atoms with Gasteiger partial charge in [-0.25, -0.2) is 18.4 Å². The van der Waals surface area contributed by atoms with Crippen LogP contribution in [0, 0.1) is 18.6 Å². The fraction of sp³-hybridized carbons (Fsp3) is 0.292. The Bertz CT molecular complexity index is 1320. The van der Waals surface area contributed by atoms with Crippen LogP contribution in [0.4, 0.5) is 13.9 Å². The Morgan fingerprint density at radius 1 is 1.18 bits per heavy atom. The van der Waals surface area contributed by atoms with Crippen molar-refractivity contribution >= 4 is 32.6 Å². The number of carbonyl (C=O) groups excluding carboxylic acids is 1. The van der Waals surface area contributed by atoms with Gasteiger partial charge in [-0.1, -0.05) is 29.5 Å². The summed E-state index contributed by atoms with van der Waals surface area (Å²) in [6.45, 7) is 5.61. The average Bonchev–Trinajstić information content (AvgIpc) is 3.44. The minimum absolute atomic E-state index is 0.0577. The third kappa shape index (κ3) is 4.44. The molecular weight excluding hydrogens is 460 g/mol. The van der Waals surface area contributed by atoms with E-state index in [9.17, 15) is 13.6 Å². The van der Waals surface area contributed by atoms with Gasteiger partial charge in [0, 0.05) is 32.2 Å². The van der Waals surface area contributed by atoms with Gasteiger partial charge in [-0.05, 0) is 25.1 Å². The number of hydrogen-bond donors (Lipinski definition) is 0. The smallest absolute Gasteiger partial charge is 0.263 e. The molecule has 0 saturated carbocycles. The summed E-state index contributed by atoms with van der Waals surface area (Å²) < 4.78 is 35.6. The van der Waals surface area contributed by atoms with E-state index in [1.54, 1.807) is 10.9 Å². The maximum atomic E-state index is 14.3. The van der Waals surface area contributed by atoms with Gasteiger partial charge in [0.05, 0.1) is 41.1 Å².